The Bertz CT molecular complexity index is 567. The van der Waals surface area contributed by atoms with Crippen LogP contribution >= 0.6 is 0 Å². The number of rotatable bonds is 3. The second-order valence-corrected chi connectivity index (χ2v) is 4.67. The Balaban J connectivity index is 2.32. The molecule has 0 spiro atoms. The zero-order valence-electron chi connectivity index (χ0n) is 10.2. The first-order valence-corrected chi connectivity index (χ1v) is 5.47. The molecule has 1 aromatic heterocycles. The fourth-order valence-electron chi connectivity index (χ4n) is 1.56. The van der Waals surface area contributed by atoms with Crippen LogP contribution in [0.5, 0.6) is 0 Å². The standard InChI is InChI=1S/C12H14N4O2/c1-12(2,13)11-14-7-10(15-11)8-3-5-9(6-4-8)16(17)18/h3-7H,13H2,1-2H3,(H,14,15). The molecule has 0 saturated carbocycles. The van der Waals surface area contributed by atoms with Crippen molar-refractivity contribution in [2.24, 2.45) is 5.73 Å². The SMILES string of the molecule is CC(C)(N)c1ncc(-c2ccc([N+](=O)[O-])cc2)[nH]1. The minimum Gasteiger partial charge on any atom is -0.340 e. The molecule has 0 aliphatic heterocycles. The first-order chi connectivity index (χ1) is 8.38. The van der Waals surface area contributed by atoms with Crippen LogP contribution in [-0.2, 0) is 5.54 Å². The lowest BCUT2D eigenvalue weighted by Gasteiger charge is -2.14. The predicted molar refractivity (Wildman–Crippen MR) is 67.9 cm³/mol. The number of aromatic amines is 1. The van der Waals surface area contributed by atoms with E-state index in [0.717, 1.165) is 11.3 Å². The fraction of sp³-hybridized carbons (Fsp3) is 0.250. The van der Waals surface area contributed by atoms with E-state index in [9.17, 15) is 10.1 Å². The number of nitrogens with two attached hydrogens (primary N) is 1. The lowest BCUT2D eigenvalue weighted by atomic mass is 10.1. The maximum Gasteiger partial charge on any atom is 0.269 e. The third kappa shape index (κ3) is 2.38. The zero-order valence-corrected chi connectivity index (χ0v) is 10.2. The second kappa shape index (κ2) is 4.23. The lowest BCUT2D eigenvalue weighted by molar-refractivity contribution is -0.384. The largest absolute Gasteiger partial charge is 0.340 e. The summed E-state index contributed by atoms with van der Waals surface area (Å²) < 4.78 is 0. The van der Waals surface area contributed by atoms with E-state index in [-0.39, 0.29) is 5.69 Å². The maximum absolute atomic E-state index is 10.6. The van der Waals surface area contributed by atoms with Gasteiger partial charge in [0.1, 0.15) is 5.82 Å². The van der Waals surface area contributed by atoms with Crippen LogP contribution in [0, 0.1) is 10.1 Å². The molecule has 1 aromatic carbocycles. The number of hydrogen-bond donors (Lipinski definition) is 2. The van der Waals surface area contributed by atoms with Gasteiger partial charge in [-0.3, -0.25) is 10.1 Å². The van der Waals surface area contributed by atoms with Gasteiger partial charge in [0.05, 0.1) is 22.4 Å². The van der Waals surface area contributed by atoms with Crippen molar-refractivity contribution in [3.05, 3.63) is 46.4 Å². The number of nitrogens with one attached hydrogen (secondary N) is 1. The average molecular weight is 246 g/mol. The Hall–Kier alpha value is -2.21. The van der Waals surface area contributed by atoms with E-state index in [1.165, 1.54) is 12.1 Å². The number of nitro benzene ring substituents is 1. The van der Waals surface area contributed by atoms with Crippen LogP contribution in [0.15, 0.2) is 30.5 Å². The van der Waals surface area contributed by atoms with Crippen molar-refractivity contribution in [2.75, 3.05) is 0 Å². The second-order valence-electron chi connectivity index (χ2n) is 4.67. The predicted octanol–water partition coefficient (Wildman–Crippen LogP) is 2.18. The summed E-state index contributed by atoms with van der Waals surface area (Å²) in [5.74, 6) is 0.677. The first kappa shape index (κ1) is 12.3. The number of H-pyrrole nitrogens is 1. The number of aromatic nitrogens is 2. The van der Waals surface area contributed by atoms with Crippen LogP contribution in [0.2, 0.25) is 0 Å². The van der Waals surface area contributed by atoms with Crippen molar-refractivity contribution in [2.45, 2.75) is 19.4 Å². The first-order valence-electron chi connectivity index (χ1n) is 5.47. The van der Waals surface area contributed by atoms with Gasteiger partial charge in [-0.05, 0) is 26.0 Å². The molecule has 6 nitrogen and oxygen atoms in total. The number of nitrogens with zero attached hydrogens (tertiary/aromatic N) is 2. The Morgan fingerprint density at radius 2 is 1.94 bits per heavy atom. The third-order valence-electron chi connectivity index (χ3n) is 2.58. The lowest BCUT2D eigenvalue weighted by Crippen LogP contribution is -2.30. The highest BCUT2D eigenvalue weighted by Crippen LogP contribution is 2.22. The molecule has 0 bridgehead atoms. The summed E-state index contributed by atoms with van der Waals surface area (Å²) in [7, 11) is 0. The summed E-state index contributed by atoms with van der Waals surface area (Å²) in [5, 5.41) is 10.6. The highest BCUT2D eigenvalue weighted by atomic mass is 16.6. The molecule has 2 rings (SSSR count). The molecule has 0 amide bonds. The monoisotopic (exact) mass is 246 g/mol. The number of benzene rings is 1. The van der Waals surface area contributed by atoms with Crippen LogP contribution in [0.4, 0.5) is 5.69 Å². The van der Waals surface area contributed by atoms with Gasteiger partial charge in [-0.1, -0.05) is 0 Å². The van der Waals surface area contributed by atoms with E-state index >= 15 is 0 Å². The molecular formula is C12H14N4O2. The molecule has 1 heterocycles. The van der Waals surface area contributed by atoms with E-state index in [4.69, 9.17) is 5.73 Å². The molecule has 0 atom stereocenters. The third-order valence-corrected chi connectivity index (χ3v) is 2.58. The average Bonchev–Trinajstić information content (AvgIpc) is 2.78. The Kier molecular flexibility index (Phi) is 2.88. The van der Waals surface area contributed by atoms with E-state index in [2.05, 4.69) is 9.97 Å². The van der Waals surface area contributed by atoms with Gasteiger partial charge >= 0.3 is 0 Å². The van der Waals surface area contributed by atoms with Crippen molar-refractivity contribution in [3.63, 3.8) is 0 Å². The molecule has 0 saturated heterocycles. The fourth-order valence-corrected chi connectivity index (χ4v) is 1.56. The van der Waals surface area contributed by atoms with Crippen molar-refractivity contribution in [3.8, 4) is 11.3 Å². The van der Waals surface area contributed by atoms with E-state index in [1.807, 2.05) is 13.8 Å². The van der Waals surface area contributed by atoms with Gasteiger partial charge < -0.3 is 10.7 Å². The van der Waals surface area contributed by atoms with Crippen molar-refractivity contribution in [1.82, 2.24) is 9.97 Å². The topological polar surface area (TPSA) is 97.8 Å². The number of imidazole rings is 1. The summed E-state index contributed by atoms with van der Waals surface area (Å²) in [6.45, 7) is 3.71. The van der Waals surface area contributed by atoms with Crippen molar-refractivity contribution in [1.29, 1.82) is 0 Å². The normalized spacial score (nSPS) is 11.5. The van der Waals surface area contributed by atoms with Gasteiger partial charge in [0.15, 0.2) is 0 Å². The number of hydrogen-bond acceptors (Lipinski definition) is 4. The van der Waals surface area contributed by atoms with Crippen LogP contribution < -0.4 is 5.73 Å². The van der Waals surface area contributed by atoms with E-state index < -0.39 is 10.5 Å². The zero-order chi connectivity index (χ0) is 13.3. The molecular weight excluding hydrogens is 232 g/mol. The highest BCUT2D eigenvalue weighted by molar-refractivity contribution is 5.60. The van der Waals surface area contributed by atoms with Gasteiger partial charge in [0.2, 0.25) is 0 Å². The Morgan fingerprint density at radius 1 is 1.33 bits per heavy atom. The van der Waals surface area contributed by atoms with Gasteiger partial charge in [-0.15, -0.1) is 0 Å². The molecule has 0 fully saturated rings. The minimum atomic E-state index is -0.543. The number of nitro groups is 1. The summed E-state index contributed by atoms with van der Waals surface area (Å²) in [4.78, 5) is 17.4. The molecule has 0 unspecified atom stereocenters. The summed E-state index contributed by atoms with van der Waals surface area (Å²) in [6.07, 6.45) is 1.67. The Morgan fingerprint density at radius 3 is 2.39 bits per heavy atom. The van der Waals surface area contributed by atoms with Gasteiger partial charge in [0, 0.05) is 17.7 Å². The van der Waals surface area contributed by atoms with Crippen LogP contribution in [0.25, 0.3) is 11.3 Å². The minimum absolute atomic E-state index is 0.0673. The van der Waals surface area contributed by atoms with Gasteiger partial charge in [-0.25, -0.2) is 4.98 Å². The van der Waals surface area contributed by atoms with Gasteiger partial charge in [-0.2, -0.15) is 0 Å². The molecule has 6 heteroatoms. The van der Waals surface area contributed by atoms with Crippen LogP contribution in [-0.4, -0.2) is 14.9 Å². The molecule has 2 aromatic rings. The summed E-state index contributed by atoms with van der Waals surface area (Å²) in [6, 6.07) is 6.28. The van der Waals surface area contributed by atoms with Crippen molar-refractivity contribution < 1.29 is 4.92 Å². The molecule has 0 aliphatic carbocycles. The van der Waals surface area contributed by atoms with Crippen LogP contribution in [0.1, 0.15) is 19.7 Å². The van der Waals surface area contributed by atoms with Gasteiger partial charge in [0.25, 0.3) is 5.69 Å². The maximum atomic E-state index is 10.6. The summed E-state index contributed by atoms with van der Waals surface area (Å²) in [5.41, 5.74) is 7.08. The molecule has 94 valence electrons. The summed E-state index contributed by atoms with van der Waals surface area (Å²) >= 11 is 0. The highest BCUT2D eigenvalue weighted by Gasteiger charge is 2.18. The molecule has 18 heavy (non-hydrogen) atoms. The van der Waals surface area contributed by atoms with E-state index in [1.54, 1.807) is 18.3 Å². The smallest absolute Gasteiger partial charge is 0.269 e. The van der Waals surface area contributed by atoms with Crippen LogP contribution in [0.3, 0.4) is 0 Å². The molecule has 0 radical (unpaired) electrons. The van der Waals surface area contributed by atoms with E-state index in [0.29, 0.717) is 5.82 Å². The molecule has 0 aliphatic rings. The Labute approximate surface area is 104 Å². The quantitative estimate of drug-likeness (QED) is 0.640. The number of non-ortho nitro benzene ring substituents is 1. The molecule has 3 N–H and O–H groups in total. The van der Waals surface area contributed by atoms with Crippen molar-refractivity contribution >= 4 is 5.69 Å².